The van der Waals surface area contributed by atoms with Crippen LogP contribution in [0.5, 0.6) is 5.75 Å². The molecule has 0 bridgehead atoms. The third-order valence-corrected chi connectivity index (χ3v) is 5.20. The maximum Gasteiger partial charge on any atom is 0.285 e. The third-order valence-electron chi connectivity index (χ3n) is 3.90. The zero-order chi connectivity index (χ0) is 19.4. The molecule has 0 unspecified atom stereocenters. The van der Waals surface area contributed by atoms with Crippen molar-refractivity contribution < 1.29 is 14.3 Å². The Labute approximate surface area is 167 Å². The lowest BCUT2D eigenvalue weighted by molar-refractivity contribution is -0.123. The number of hydrogen-bond acceptors (Lipinski definition) is 5. The van der Waals surface area contributed by atoms with E-state index in [1.807, 2.05) is 50.2 Å². The predicted molar refractivity (Wildman–Crippen MR) is 111 cm³/mol. The van der Waals surface area contributed by atoms with Crippen molar-refractivity contribution in [2.45, 2.75) is 13.8 Å². The Hall–Kier alpha value is -2.64. The van der Waals surface area contributed by atoms with E-state index >= 15 is 0 Å². The number of carbonyl (C=O) groups is 2. The summed E-state index contributed by atoms with van der Waals surface area (Å²) in [5, 5.41) is 1.11. The molecule has 0 atom stereocenters. The van der Waals surface area contributed by atoms with Gasteiger partial charge in [0.1, 0.15) is 5.75 Å². The van der Waals surface area contributed by atoms with E-state index in [4.69, 9.17) is 17.0 Å². The summed E-state index contributed by atoms with van der Waals surface area (Å²) >= 11 is 6.42. The van der Waals surface area contributed by atoms with Crippen LogP contribution in [0.25, 0.3) is 6.08 Å². The smallest absolute Gasteiger partial charge is 0.285 e. The molecule has 5 nitrogen and oxygen atoms in total. The van der Waals surface area contributed by atoms with Crippen molar-refractivity contribution in [3.05, 3.63) is 70.1 Å². The fourth-order valence-electron chi connectivity index (χ4n) is 2.58. The first kappa shape index (κ1) is 19.1. The van der Waals surface area contributed by atoms with Crippen molar-refractivity contribution in [1.29, 1.82) is 0 Å². The zero-order valence-corrected chi connectivity index (χ0v) is 16.5. The minimum atomic E-state index is -0.375. The van der Waals surface area contributed by atoms with Crippen LogP contribution in [-0.4, -0.2) is 27.8 Å². The number of nitrogens with one attached hydrogen (secondary N) is 1. The quantitative estimate of drug-likeness (QED) is 0.611. The summed E-state index contributed by atoms with van der Waals surface area (Å²) in [6.45, 7) is 4.26. The van der Waals surface area contributed by atoms with Crippen molar-refractivity contribution in [1.82, 2.24) is 10.4 Å². The van der Waals surface area contributed by atoms with Crippen LogP contribution in [0.2, 0.25) is 0 Å². The normalized spacial score (nSPS) is 15.3. The Morgan fingerprint density at radius 2 is 1.93 bits per heavy atom. The molecule has 0 radical (unpaired) electrons. The highest BCUT2D eigenvalue weighted by molar-refractivity contribution is 8.26. The topological polar surface area (TPSA) is 58.6 Å². The largest absolute Gasteiger partial charge is 0.493 e. The first-order chi connectivity index (χ1) is 13.0. The second-order valence-electron chi connectivity index (χ2n) is 5.74. The number of amides is 2. The van der Waals surface area contributed by atoms with Gasteiger partial charge in [0, 0.05) is 11.1 Å². The lowest BCUT2D eigenvalue weighted by Gasteiger charge is -2.16. The number of thioether (sulfide) groups is 1. The van der Waals surface area contributed by atoms with Gasteiger partial charge in [-0.3, -0.25) is 15.0 Å². The van der Waals surface area contributed by atoms with Gasteiger partial charge in [-0.05, 0) is 49.8 Å². The monoisotopic (exact) mass is 398 g/mol. The Balaban J connectivity index is 1.81. The molecule has 138 valence electrons. The lowest BCUT2D eigenvalue weighted by Crippen LogP contribution is -2.45. The number of aryl methyl sites for hydroxylation is 1. The highest BCUT2D eigenvalue weighted by Gasteiger charge is 2.34. The van der Waals surface area contributed by atoms with Crippen molar-refractivity contribution in [2.24, 2.45) is 0 Å². The molecule has 1 saturated heterocycles. The average molecular weight is 399 g/mol. The molecule has 2 aromatic rings. The highest BCUT2D eigenvalue weighted by Crippen LogP contribution is 2.33. The van der Waals surface area contributed by atoms with Crippen LogP contribution in [0.4, 0.5) is 0 Å². The number of para-hydroxylation sites is 1. The highest BCUT2D eigenvalue weighted by atomic mass is 32.2. The molecule has 3 rings (SSSR count). The molecule has 0 aromatic heterocycles. The zero-order valence-electron chi connectivity index (χ0n) is 14.9. The average Bonchev–Trinajstić information content (AvgIpc) is 2.91. The van der Waals surface area contributed by atoms with E-state index in [0.717, 1.165) is 27.9 Å². The molecule has 27 heavy (non-hydrogen) atoms. The predicted octanol–water partition coefficient (Wildman–Crippen LogP) is 3.94. The first-order valence-corrected chi connectivity index (χ1v) is 9.60. The molecule has 1 heterocycles. The van der Waals surface area contributed by atoms with Crippen LogP contribution in [-0.2, 0) is 4.79 Å². The maximum absolute atomic E-state index is 12.7. The van der Waals surface area contributed by atoms with E-state index in [-0.39, 0.29) is 16.1 Å². The van der Waals surface area contributed by atoms with Gasteiger partial charge >= 0.3 is 0 Å². The fraction of sp³-hybridized carbons (Fsp3) is 0.150. The molecule has 0 aliphatic carbocycles. The Kier molecular flexibility index (Phi) is 5.93. The van der Waals surface area contributed by atoms with Gasteiger partial charge in [-0.2, -0.15) is 5.01 Å². The first-order valence-electron chi connectivity index (χ1n) is 8.37. The number of ether oxygens (including phenoxy) is 1. The number of nitrogens with zero attached hydrogens (tertiary/aromatic N) is 1. The number of hydrazine groups is 1. The number of benzene rings is 2. The summed E-state index contributed by atoms with van der Waals surface area (Å²) in [7, 11) is 0. The Bertz CT molecular complexity index is 940. The fourth-order valence-corrected chi connectivity index (χ4v) is 3.75. The van der Waals surface area contributed by atoms with Crippen LogP contribution >= 0.6 is 24.0 Å². The van der Waals surface area contributed by atoms with Gasteiger partial charge in [-0.15, -0.1) is 0 Å². The molecule has 0 saturated carbocycles. The van der Waals surface area contributed by atoms with Crippen molar-refractivity contribution in [3.8, 4) is 5.75 Å². The van der Waals surface area contributed by atoms with Crippen LogP contribution in [0.1, 0.15) is 28.4 Å². The van der Waals surface area contributed by atoms with Gasteiger partial charge in [0.25, 0.3) is 11.8 Å². The molecule has 1 fully saturated rings. The summed E-state index contributed by atoms with van der Waals surface area (Å²) in [5.41, 5.74) is 4.70. The Morgan fingerprint density at radius 3 is 2.67 bits per heavy atom. The van der Waals surface area contributed by atoms with Crippen LogP contribution < -0.4 is 10.2 Å². The molecule has 1 aliphatic rings. The van der Waals surface area contributed by atoms with Gasteiger partial charge in [-0.25, -0.2) is 0 Å². The molecule has 7 heteroatoms. The summed E-state index contributed by atoms with van der Waals surface area (Å²) in [5.74, 6) is -0.0483. The van der Waals surface area contributed by atoms with E-state index in [2.05, 4.69) is 5.43 Å². The number of hydrogen-bond donors (Lipinski definition) is 1. The number of carbonyl (C=O) groups excluding carboxylic acids is 2. The minimum Gasteiger partial charge on any atom is -0.493 e. The van der Waals surface area contributed by atoms with E-state index in [1.54, 1.807) is 18.2 Å². The third kappa shape index (κ3) is 4.20. The second kappa shape index (κ2) is 8.37. The molecule has 1 N–H and O–H groups in total. The van der Waals surface area contributed by atoms with E-state index < -0.39 is 0 Å². The van der Waals surface area contributed by atoms with Crippen molar-refractivity contribution >= 4 is 46.2 Å². The molecular formula is C20H18N2O3S2. The summed E-state index contributed by atoms with van der Waals surface area (Å²) < 4.78 is 5.87. The standard InChI is InChI=1S/C20H18N2O3S2/c1-3-25-16-11-7-5-9-14(16)12-17-19(24)22(20(26)27-17)21-18(23)15-10-6-4-8-13(15)2/h4-12H,3H2,1-2H3,(H,21,23). The van der Waals surface area contributed by atoms with Gasteiger partial charge in [0.2, 0.25) is 0 Å². The summed E-state index contributed by atoms with van der Waals surface area (Å²) in [6, 6.07) is 14.6. The molecule has 2 amide bonds. The van der Waals surface area contributed by atoms with E-state index in [1.165, 1.54) is 0 Å². The van der Waals surface area contributed by atoms with Crippen molar-refractivity contribution in [2.75, 3.05) is 6.61 Å². The molecular weight excluding hydrogens is 380 g/mol. The van der Waals surface area contributed by atoms with Crippen LogP contribution in [0, 0.1) is 6.92 Å². The second-order valence-corrected chi connectivity index (χ2v) is 7.42. The van der Waals surface area contributed by atoms with Gasteiger partial charge in [0.15, 0.2) is 4.32 Å². The molecule has 1 aliphatic heterocycles. The lowest BCUT2D eigenvalue weighted by atomic mass is 10.1. The SMILES string of the molecule is CCOc1ccccc1C=C1SC(=S)N(NC(=O)c2ccccc2C)C1=O. The van der Waals surface area contributed by atoms with Gasteiger partial charge in [-0.1, -0.05) is 48.2 Å². The van der Waals surface area contributed by atoms with E-state index in [9.17, 15) is 9.59 Å². The number of rotatable bonds is 5. The minimum absolute atomic E-state index is 0.280. The van der Waals surface area contributed by atoms with Gasteiger partial charge in [0.05, 0.1) is 11.5 Å². The molecule has 2 aromatic carbocycles. The summed E-state index contributed by atoms with van der Waals surface area (Å²) in [6.07, 6.45) is 1.73. The molecule has 0 spiro atoms. The maximum atomic E-state index is 12.7. The van der Waals surface area contributed by atoms with Crippen LogP contribution in [0.15, 0.2) is 53.4 Å². The van der Waals surface area contributed by atoms with E-state index in [0.29, 0.717) is 22.8 Å². The van der Waals surface area contributed by atoms with Crippen molar-refractivity contribution in [3.63, 3.8) is 0 Å². The summed E-state index contributed by atoms with van der Waals surface area (Å²) in [4.78, 5) is 25.7. The van der Waals surface area contributed by atoms with Gasteiger partial charge < -0.3 is 4.74 Å². The Morgan fingerprint density at radius 1 is 1.22 bits per heavy atom. The van der Waals surface area contributed by atoms with Crippen LogP contribution in [0.3, 0.4) is 0 Å². The number of thiocarbonyl (C=S) groups is 1.